The van der Waals surface area contributed by atoms with Gasteiger partial charge in [0.1, 0.15) is 35.1 Å². The predicted octanol–water partition coefficient (Wildman–Crippen LogP) is 1.55. The normalized spacial score (nSPS) is 17.5. The summed E-state index contributed by atoms with van der Waals surface area (Å²) in [5.74, 6) is 1.21. The molecule has 0 bridgehead atoms. The van der Waals surface area contributed by atoms with Crippen molar-refractivity contribution in [2.24, 2.45) is 4.99 Å². The number of nitrogens with one attached hydrogen (secondary N) is 2. The number of rotatable bonds is 7. The van der Waals surface area contributed by atoms with Gasteiger partial charge in [-0.1, -0.05) is 18.2 Å². The summed E-state index contributed by atoms with van der Waals surface area (Å²) in [7, 11) is 0. The van der Waals surface area contributed by atoms with Crippen molar-refractivity contribution in [3.8, 4) is 18.0 Å². The van der Waals surface area contributed by atoms with Crippen LogP contribution in [-0.4, -0.2) is 55.3 Å². The number of hydrogen-bond donors (Lipinski definition) is 4. The fourth-order valence-electron chi connectivity index (χ4n) is 4.09. The monoisotopic (exact) mass is 461 g/mol. The highest BCUT2D eigenvalue weighted by Gasteiger charge is 2.31. The molecule has 1 unspecified atom stereocenters. The molecular weight excluding hydrogens is 434 g/mol. The third kappa shape index (κ3) is 4.96. The first-order valence-corrected chi connectivity index (χ1v) is 11.1. The van der Waals surface area contributed by atoms with Crippen LogP contribution in [0.25, 0.3) is 0 Å². The largest absolute Gasteiger partial charge is 0.493 e. The van der Waals surface area contributed by atoms with Crippen molar-refractivity contribution in [1.82, 2.24) is 15.2 Å². The van der Waals surface area contributed by atoms with Crippen LogP contribution < -0.4 is 26.8 Å². The molecule has 0 spiro atoms. The molecule has 11 heteroatoms. The van der Waals surface area contributed by atoms with Crippen molar-refractivity contribution in [2.75, 3.05) is 56.2 Å². The topological polar surface area (TPSA) is 171 Å². The van der Waals surface area contributed by atoms with E-state index in [1.807, 2.05) is 36.5 Å². The number of nitrogen functional groups attached to an aromatic ring is 2. The summed E-state index contributed by atoms with van der Waals surface area (Å²) in [6, 6.07) is 8.89. The van der Waals surface area contributed by atoms with Gasteiger partial charge in [0.25, 0.3) is 0 Å². The van der Waals surface area contributed by atoms with Crippen LogP contribution in [0.1, 0.15) is 35.6 Å². The maximum absolute atomic E-state index is 9.51. The molecule has 1 saturated heterocycles. The van der Waals surface area contributed by atoms with Crippen molar-refractivity contribution >= 4 is 23.3 Å². The van der Waals surface area contributed by atoms with E-state index in [0.717, 1.165) is 51.3 Å². The van der Waals surface area contributed by atoms with Gasteiger partial charge in [-0.05, 0) is 25.5 Å². The quantitative estimate of drug-likeness (QED) is 0.269. The number of benzene rings is 1. The molecule has 0 saturated carbocycles. The molecule has 176 valence electrons. The molecule has 1 fully saturated rings. The fourth-order valence-corrected chi connectivity index (χ4v) is 4.09. The van der Waals surface area contributed by atoms with Crippen molar-refractivity contribution in [3.05, 3.63) is 41.0 Å². The summed E-state index contributed by atoms with van der Waals surface area (Å²) in [5, 5.41) is 24.0. The standard InChI is InChI=1S/C23H27N9O2/c24-13-16-19(26)18-20(29-23(28-14-25)31-22(18)30-21(16)27)15-5-1-2-6-17(15)34-10-4-3-7-32-8-11-33-12-9-32/h1-2,5-6,20H,3-4,7-12H2,(H6,26,27,28,29,30,31). The Bertz CT molecular complexity index is 1150. The van der Waals surface area contributed by atoms with Crippen LogP contribution in [0, 0.1) is 22.8 Å². The Morgan fingerprint density at radius 3 is 2.76 bits per heavy atom. The number of fused-ring (bicyclic) bond motifs is 1. The smallest absolute Gasteiger partial charge is 0.211 e. The molecule has 0 aliphatic carbocycles. The summed E-state index contributed by atoms with van der Waals surface area (Å²) >= 11 is 0. The zero-order chi connectivity index (χ0) is 23.9. The number of nitrogens with two attached hydrogens (primary N) is 2. The predicted molar refractivity (Wildman–Crippen MR) is 128 cm³/mol. The summed E-state index contributed by atoms with van der Waals surface area (Å²) in [4.78, 5) is 11.3. The second-order valence-corrected chi connectivity index (χ2v) is 7.95. The third-order valence-corrected chi connectivity index (χ3v) is 5.80. The number of para-hydroxylation sites is 1. The van der Waals surface area contributed by atoms with Crippen LogP contribution in [0.4, 0.5) is 17.3 Å². The molecule has 1 atom stereocenters. The van der Waals surface area contributed by atoms with Crippen LogP contribution in [0.15, 0.2) is 29.3 Å². The molecule has 1 aromatic carbocycles. The number of hydrogen-bond acceptors (Lipinski definition) is 11. The molecule has 3 heterocycles. The summed E-state index contributed by atoms with van der Waals surface area (Å²) in [5.41, 5.74) is 13.8. The number of guanidine groups is 1. The molecule has 0 amide bonds. The van der Waals surface area contributed by atoms with Gasteiger partial charge in [-0.3, -0.25) is 10.2 Å². The molecular formula is C23H27N9O2. The Balaban J connectivity index is 1.55. The second kappa shape index (κ2) is 10.7. The van der Waals surface area contributed by atoms with Gasteiger partial charge in [0.2, 0.25) is 5.96 Å². The van der Waals surface area contributed by atoms with Gasteiger partial charge in [0.05, 0.1) is 25.5 Å². The van der Waals surface area contributed by atoms with Crippen molar-refractivity contribution in [2.45, 2.75) is 18.9 Å². The van der Waals surface area contributed by atoms with E-state index in [4.69, 9.17) is 26.2 Å². The van der Waals surface area contributed by atoms with Crippen LogP contribution in [-0.2, 0) is 4.74 Å². The number of aromatic nitrogens is 1. The molecule has 2 aliphatic heterocycles. The highest BCUT2D eigenvalue weighted by atomic mass is 16.5. The van der Waals surface area contributed by atoms with E-state index in [-0.39, 0.29) is 23.0 Å². The average Bonchev–Trinajstić information content (AvgIpc) is 2.84. The van der Waals surface area contributed by atoms with Gasteiger partial charge in [-0.25, -0.2) is 9.98 Å². The highest BCUT2D eigenvalue weighted by molar-refractivity contribution is 5.98. The molecule has 1 aromatic heterocycles. The number of aliphatic imine (C=N–C) groups is 1. The SMILES string of the molecule is N#CNC1=NC(c2ccccc2OCCCCN2CCOCC2)c2c(nc(N)c(C#N)c2N)N1. The molecule has 34 heavy (non-hydrogen) atoms. The van der Waals surface area contributed by atoms with Gasteiger partial charge in [-0.2, -0.15) is 10.5 Å². The average molecular weight is 462 g/mol. The van der Waals surface area contributed by atoms with E-state index in [0.29, 0.717) is 23.7 Å². The number of anilines is 3. The summed E-state index contributed by atoms with van der Waals surface area (Å²) in [6.07, 6.45) is 3.78. The van der Waals surface area contributed by atoms with Crippen molar-refractivity contribution in [1.29, 1.82) is 10.5 Å². The van der Waals surface area contributed by atoms with Gasteiger partial charge in [0.15, 0.2) is 6.19 Å². The first kappa shape index (κ1) is 23.1. The lowest BCUT2D eigenvalue weighted by Gasteiger charge is -2.27. The molecule has 2 aromatic rings. The maximum atomic E-state index is 9.51. The van der Waals surface area contributed by atoms with Crippen LogP contribution in [0.2, 0.25) is 0 Å². The Morgan fingerprint density at radius 1 is 1.21 bits per heavy atom. The minimum absolute atomic E-state index is 0.00742. The lowest BCUT2D eigenvalue weighted by atomic mass is 9.94. The Kier molecular flexibility index (Phi) is 7.28. The summed E-state index contributed by atoms with van der Waals surface area (Å²) < 4.78 is 11.5. The lowest BCUT2D eigenvalue weighted by molar-refractivity contribution is 0.0368. The van der Waals surface area contributed by atoms with Crippen molar-refractivity contribution in [3.63, 3.8) is 0 Å². The van der Waals surface area contributed by atoms with E-state index in [9.17, 15) is 5.26 Å². The number of pyridine rings is 1. The van der Waals surface area contributed by atoms with E-state index in [2.05, 4.69) is 25.5 Å². The number of unbranched alkanes of at least 4 members (excludes halogenated alkanes) is 1. The van der Waals surface area contributed by atoms with Crippen LogP contribution in [0.5, 0.6) is 5.75 Å². The Morgan fingerprint density at radius 2 is 2.00 bits per heavy atom. The highest BCUT2D eigenvalue weighted by Crippen LogP contribution is 2.43. The van der Waals surface area contributed by atoms with Crippen LogP contribution >= 0.6 is 0 Å². The van der Waals surface area contributed by atoms with E-state index in [1.54, 1.807) is 0 Å². The number of morpholine rings is 1. The third-order valence-electron chi connectivity index (χ3n) is 5.80. The zero-order valence-corrected chi connectivity index (χ0v) is 18.8. The lowest BCUT2D eigenvalue weighted by Crippen LogP contribution is -2.36. The Hall–Kier alpha value is -4.06. The molecule has 0 radical (unpaired) electrons. The molecule has 2 aliphatic rings. The van der Waals surface area contributed by atoms with E-state index in [1.165, 1.54) is 0 Å². The van der Waals surface area contributed by atoms with E-state index < -0.39 is 6.04 Å². The number of ether oxygens (including phenoxy) is 2. The van der Waals surface area contributed by atoms with Crippen molar-refractivity contribution < 1.29 is 9.47 Å². The first-order valence-electron chi connectivity index (χ1n) is 11.1. The maximum Gasteiger partial charge on any atom is 0.211 e. The number of nitriles is 2. The minimum Gasteiger partial charge on any atom is -0.493 e. The molecule has 11 nitrogen and oxygen atoms in total. The van der Waals surface area contributed by atoms with Gasteiger partial charge < -0.3 is 26.3 Å². The van der Waals surface area contributed by atoms with Crippen LogP contribution in [0.3, 0.4) is 0 Å². The van der Waals surface area contributed by atoms with Gasteiger partial charge >= 0.3 is 0 Å². The van der Waals surface area contributed by atoms with Gasteiger partial charge in [-0.15, -0.1) is 0 Å². The first-order chi connectivity index (χ1) is 16.6. The zero-order valence-electron chi connectivity index (χ0n) is 18.8. The van der Waals surface area contributed by atoms with E-state index >= 15 is 0 Å². The molecule has 4 rings (SSSR count). The summed E-state index contributed by atoms with van der Waals surface area (Å²) in [6.45, 7) is 5.10. The Labute approximate surface area is 198 Å². The number of nitrogens with zero attached hydrogens (tertiary/aromatic N) is 5. The molecule has 6 N–H and O–H groups in total. The fraction of sp³-hybridized carbons (Fsp3) is 0.391. The second-order valence-electron chi connectivity index (χ2n) is 7.95. The van der Waals surface area contributed by atoms with Gasteiger partial charge in [0, 0.05) is 24.2 Å². The minimum atomic E-state index is -0.642.